The van der Waals surface area contributed by atoms with Gasteiger partial charge in [-0.1, -0.05) is 32.6 Å². The van der Waals surface area contributed by atoms with E-state index in [4.69, 9.17) is 9.84 Å². The average molecular weight is 390 g/mol. The first-order valence-corrected chi connectivity index (χ1v) is 10.2. The number of carbonyl (C=O) groups excluding carboxylic acids is 1. The number of carboxylic acids is 1. The second-order valence-corrected chi connectivity index (χ2v) is 8.07. The van der Waals surface area contributed by atoms with E-state index >= 15 is 0 Å². The number of aliphatic carboxylic acids is 1. The zero-order chi connectivity index (χ0) is 20.1. The molecule has 1 saturated heterocycles. The molecule has 156 valence electrons. The molecule has 2 unspecified atom stereocenters. The molecule has 1 aliphatic heterocycles. The van der Waals surface area contributed by atoms with Crippen molar-refractivity contribution in [2.45, 2.75) is 102 Å². The molecular weight excluding hydrogens is 358 g/mol. The Morgan fingerprint density at radius 3 is 2.63 bits per heavy atom. The van der Waals surface area contributed by atoms with Gasteiger partial charge in [-0.05, 0) is 31.6 Å². The van der Waals surface area contributed by atoms with Crippen LogP contribution in [-0.4, -0.2) is 39.8 Å². The molecule has 0 aromatic rings. The highest BCUT2D eigenvalue weighted by Crippen LogP contribution is 2.49. The molecule has 0 bridgehead atoms. The molecule has 0 radical (unpaired) electrons. The van der Waals surface area contributed by atoms with Crippen LogP contribution in [0.1, 0.15) is 84.0 Å². The van der Waals surface area contributed by atoms with Crippen LogP contribution < -0.4 is 0 Å². The zero-order valence-electron chi connectivity index (χ0n) is 16.1. The molecule has 4 atom stereocenters. The van der Waals surface area contributed by atoms with Crippen molar-refractivity contribution < 1.29 is 33.3 Å². The number of alkyl halides is 2. The summed E-state index contributed by atoms with van der Waals surface area (Å²) in [4.78, 5) is 22.8. The number of ether oxygens (including phenoxy) is 1. The summed E-state index contributed by atoms with van der Waals surface area (Å²) in [6.45, 7) is 1.82. The van der Waals surface area contributed by atoms with E-state index in [0.29, 0.717) is 32.1 Å². The van der Waals surface area contributed by atoms with Crippen LogP contribution in [0.2, 0.25) is 0 Å². The van der Waals surface area contributed by atoms with Gasteiger partial charge < -0.3 is 14.9 Å². The number of halogens is 2. The molecule has 1 aliphatic carbocycles. The number of Topliss-reactive ketones (excluding diaryl/α,β-unsaturated/α-hetero) is 1. The van der Waals surface area contributed by atoms with E-state index in [1.807, 2.05) is 6.92 Å². The minimum atomic E-state index is -3.31. The lowest BCUT2D eigenvalue weighted by molar-refractivity contribution is -0.356. The second kappa shape index (κ2) is 9.41. The fourth-order valence-corrected chi connectivity index (χ4v) is 4.42. The number of ketones is 1. The van der Waals surface area contributed by atoms with Gasteiger partial charge in [0, 0.05) is 31.6 Å². The Morgan fingerprint density at radius 2 is 1.96 bits per heavy atom. The fraction of sp³-hybridized carbons (Fsp3) is 0.900. The van der Waals surface area contributed by atoms with E-state index in [2.05, 4.69) is 0 Å². The Kier molecular flexibility index (Phi) is 7.74. The van der Waals surface area contributed by atoms with Gasteiger partial charge in [0.2, 0.25) is 5.79 Å². The highest BCUT2D eigenvalue weighted by atomic mass is 19.3. The number of hydrogen-bond acceptors (Lipinski definition) is 4. The molecule has 2 rings (SSSR count). The summed E-state index contributed by atoms with van der Waals surface area (Å²) in [7, 11) is 0. The van der Waals surface area contributed by atoms with Gasteiger partial charge in [-0.2, -0.15) is 0 Å². The number of unbranched alkanes of at least 4 members (excludes halogenated alkanes) is 4. The van der Waals surface area contributed by atoms with Crippen LogP contribution in [0.3, 0.4) is 0 Å². The summed E-state index contributed by atoms with van der Waals surface area (Å²) in [5.41, 5.74) is 0. The largest absolute Gasteiger partial charge is 0.481 e. The van der Waals surface area contributed by atoms with E-state index in [1.54, 1.807) is 0 Å². The van der Waals surface area contributed by atoms with Gasteiger partial charge in [-0.15, -0.1) is 0 Å². The normalized spacial score (nSPS) is 31.1. The van der Waals surface area contributed by atoms with E-state index in [-0.39, 0.29) is 36.9 Å². The molecular formula is C20H32F2O5. The number of fused-ring (bicyclic) bond motifs is 1. The predicted molar refractivity (Wildman–Crippen MR) is 95.5 cm³/mol. The van der Waals surface area contributed by atoms with Crippen molar-refractivity contribution in [2.75, 3.05) is 0 Å². The standard InChI is InChI=1S/C20H32F2O5/c1-2-3-11-19(21,22)20(26)12-10-15-14(16(23)13-17(15)27-20)8-6-4-5-7-9-18(24)25/h14-15,17,26H,2-13H2,1H3,(H,24,25)/t14?,15-,17?,20-/m1/s1. The minimum Gasteiger partial charge on any atom is -0.481 e. The number of carbonyl (C=O) groups is 2. The third-order valence-corrected chi connectivity index (χ3v) is 6.04. The van der Waals surface area contributed by atoms with Crippen LogP contribution >= 0.6 is 0 Å². The Balaban J connectivity index is 1.84. The van der Waals surface area contributed by atoms with E-state index in [0.717, 1.165) is 19.3 Å². The second-order valence-electron chi connectivity index (χ2n) is 8.07. The monoisotopic (exact) mass is 390 g/mol. The molecule has 0 spiro atoms. The summed E-state index contributed by atoms with van der Waals surface area (Å²) in [6.07, 6.45) is 4.17. The number of carboxylic acid groups (broad SMARTS) is 1. The Labute approximate surface area is 159 Å². The summed E-state index contributed by atoms with van der Waals surface area (Å²) in [5.74, 6) is -6.82. The van der Waals surface area contributed by atoms with Crippen molar-refractivity contribution in [3.8, 4) is 0 Å². The molecule has 0 amide bonds. The molecule has 2 fully saturated rings. The smallest absolute Gasteiger partial charge is 0.303 e. The van der Waals surface area contributed by atoms with Crippen LogP contribution in [0.5, 0.6) is 0 Å². The number of aliphatic hydroxyl groups is 1. The van der Waals surface area contributed by atoms with E-state index < -0.39 is 30.2 Å². The van der Waals surface area contributed by atoms with E-state index in [9.17, 15) is 23.5 Å². The Morgan fingerprint density at radius 1 is 1.26 bits per heavy atom. The van der Waals surface area contributed by atoms with Crippen molar-refractivity contribution in [3.05, 3.63) is 0 Å². The third-order valence-electron chi connectivity index (χ3n) is 6.04. The van der Waals surface area contributed by atoms with Gasteiger partial charge in [0.05, 0.1) is 6.10 Å². The summed E-state index contributed by atoms with van der Waals surface area (Å²) < 4.78 is 34.3. The lowest BCUT2D eigenvalue weighted by Gasteiger charge is -2.43. The third kappa shape index (κ3) is 5.47. The minimum absolute atomic E-state index is 0.0386. The molecule has 1 saturated carbocycles. The van der Waals surface area contributed by atoms with Crippen LogP contribution in [0.4, 0.5) is 8.78 Å². The predicted octanol–water partition coefficient (Wildman–Crippen LogP) is 4.31. The topological polar surface area (TPSA) is 83.8 Å². The maximum atomic E-state index is 14.4. The molecule has 2 aliphatic rings. The molecule has 1 heterocycles. The molecule has 7 heteroatoms. The van der Waals surface area contributed by atoms with Crippen molar-refractivity contribution >= 4 is 11.8 Å². The van der Waals surface area contributed by atoms with Crippen molar-refractivity contribution in [1.82, 2.24) is 0 Å². The molecule has 0 aromatic carbocycles. The first kappa shape index (κ1) is 22.2. The molecule has 0 aromatic heterocycles. The lowest BCUT2D eigenvalue weighted by atomic mass is 9.81. The van der Waals surface area contributed by atoms with Gasteiger partial charge in [0.1, 0.15) is 5.78 Å². The van der Waals surface area contributed by atoms with Gasteiger partial charge in [-0.25, -0.2) is 8.78 Å². The van der Waals surface area contributed by atoms with Gasteiger partial charge in [-0.3, -0.25) is 9.59 Å². The first-order chi connectivity index (χ1) is 12.7. The number of rotatable bonds is 11. The van der Waals surface area contributed by atoms with E-state index in [1.165, 1.54) is 0 Å². The number of hydrogen-bond donors (Lipinski definition) is 2. The average Bonchev–Trinajstić information content (AvgIpc) is 2.90. The van der Waals surface area contributed by atoms with Crippen LogP contribution in [0.25, 0.3) is 0 Å². The van der Waals surface area contributed by atoms with Crippen LogP contribution in [-0.2, 0) is 14.3 Å². The molecule has 5 nitrogen and oxygen atoms in total. The molecule has 2 N–H and O–H groups in total. The SMILES string of the molecule is CCCCC(F)(F)[C@@]1(O)CC[C@H]2C(CC(=O)C2CCCCCCC(=O)O)O1. The Hall–Kier alpha value is -1.08. The van der Waals surface area contributed by atoms with Gasteiger partial charge in [0.15, 0.2) is 0 Å². The van der Waals surface area contributed by atoms with Gasteiger partial charge >= 0.3 is 11.9 Å². The maximum Gasteiger partial charge on any atom is 0.303 e. The first-order valence-electron chi connectivity index (χ1n) is 10.2. The molecule has 27 heavy (non-hydrogen) atoms. The summed E-state index contributed by atoms with van der Waals surface area (Å²) in [6, 6.07) is 0. The van der Waals surface area contributed by atoms with Crippen LogP contribution in [0, 0.1) is 11.8 Å². The van der Waals surface area contributed by atoms with Gasteiger partial charge in [0.25, 0.3) is 0 Å². The highest BCUT2D eigenvalue weighted by molar-refractivity contribution is 5.84. The Bertz CT molecular complexity index is 525. The quantitative estimate of drug-likeness (QED) is 0.514. The van der Waals surface area contributed by atoms with Crippen molar-refractivity contribution in [3.63, 3.8) is 0 Å². The zero-order valence-corrected chi connectivity index (χ0v) is 16.1. The highest BCUT2D eigenvalue weighted by Gasteiger charge is 2.59. The fourth-order valence-electron chi connectivity index (χ4n) is 4.42. The summed E-state index contributed by atoms with van der Waals surface area (Å²) >= 11 is 0. The van der Waals surface area contributed by atoms with Crippen molar-refractivity contribution in [2.24, 2.45) is 11.8 Å². The van der Waals surface area contributed by atoms with Crippen LogP contribution in [0.15, 0.2) is 0 Å². The lowest BCUT2D eigenvalue weighted by Crippen LogP contribution is -2.55. The maximum absolute atomic E-state index is 14.4. The van der Waals surface area contributed by atoms with Crippen molar-refractivity contribution in [1.29, 1.82) is 0 Å². The summed E-state index contributed by atoms with van der Waals surface area (Å²) in [5, 5.41) is 19.1.